The molecule has 108 valence electrons. The first-order valence-electron chi connectivity index (χ1n) is 6.95. The fourth-order valence-corrected chi connectivity index (χ4v) is 2.27. The highest BCUT2D eigenvalue weighted by atomic mass is 16.4. The maximum absolute atomic E-state index is 12.1. The van der Waals surface area contributed by atoms with E-state index in [0.717, 1.165) is 37.2 Å². The molecule has 0 atom stereocenters. The molecule has 20 heavy (non-hydrogen) atoms. The number of rotatable bonds is 2. The summed E-state index contributed by atoms with van der Waals surface area (Å²) in [4.78, 5) is 14.0. The maximum atomic E-state index is 12.1. The summed E-state index contributed by atoms with van der Waals surface area (Å²) in [7, 11) is 0. The Kier molecular flexibility index (Phi) is 4.61. The SMILES string of the molecule is CC(=NO)c1ccc(NC(=O)N2CCC(C)CC2)cc1. The van der Waals surface area contributed by atoms with Gasteiger partial charge >= 0.3 is 6.03 Å². The fourth-order valence-electron chi connectivity index (χ4n) is 2.27. The summed E-state index contributed by atoms with van der Waals surface area (Å²) in [6.07, 6.45) is 2.14. The molecule has 0 aliphatic carbocycles. The molecule has 5 nitrogen and oxygen atoms in total. The molecule has 1 saturated heterocycles. The van der Waals surface area contributed by atoms with Crippen LogP contribution in [0, 0.1) is 5.92 Å². The van der Waals surface area contributed by atoms with Gasteiger partial charge in [0.2, 0.25) is 0 Å². The van der Waals surface area contributed by atoms with Crippen LogP contribution in [-0.4, -0.2) is 34.9 Å². The fraction of sp³-hybridized carbons (Fsp3) is 0.467. The van der Waals surface area contributed by atoms with Crippen molar-refractivity contribution in [3.05, 3.63) is 29.8 Å². The number of piperidine rings is 1. The molecule has 0 unspecified atom stereocenters. The molecule has 1 aromatic rings. The first kappa shape index (κ1) is 14.4. The van der Waals surface area contributed by atoms with Crippen molar-refractivity contribution in [1.29, 1.82) is 0 Å². The summed E-state index contributed by atoms with van der Waals surface area (Å²) in [5.41, 5.74) is 2.13. The van der Waals surface area contributed by atoms with Gasteiger partial charge in [-0.3, -0.25) is 0 Å². The highest BCUT2D eigenvalue weighted by molar-refractivity contribution is 5.99. The van der Waals surface area contributed by atoms with Crippen LogP contribution in [-0.2, 0) is 0 Å². The second kappa shape index (κ2) is 6.41. The lowest BCUT2D eigenvalue weighted by atomic mass is 10.00. The van der Waals surface area contributed by atoms with Gasteiger partial charge in [-0.1, -0.05) is 24.2 Å². The zero-order chi connectivity index (χ0) is 14.5. The number of urea groups is 1. The van der Waals surface area contributed by atoms with Gasteiger partial charge in [0.25, 0.3) is 0 Å². The second-order valence-corrected chi connectivity index (χ2v) is 5.36. The van der Waals surface area contributed by atoms with E-state index in [1.54, 1.807) is 6.92 Å². The minimum absolute atomic E-state index is 0.0443. The summed E-state index contributed by atoms with van der Waals surface area (Å²) in [5, 5.41) is 14.8. The van der Waals surface area contributed by atoms with Crippen LogP contribution in [0.1, 0.15) is 32.3 Å². The van der Waals surface area contributed by atoms with E-state index in [4.69, 9.17) is 5.21 Å². The Morgan fingerprint density at radius 1 is 1.30 bits per heavy atom. The van der Waals surface area contributed by atoms with Crippen LogP contribution in [0.25, 0.3) is 0 Å². The number of anilines is 1. The Balaban J connectivity index is 1.94. The average molecular weight is 275 g/mol. The number of benzene rings is 1. The largest absolute Gasteiger partial charge is 0.411 e. The number of hydrogen-bond donors (Lipinski definition) is 2. The molecule has 1 aromatic carbocycles. The zero-order valence-corrected chi connectivity index (χ0v) is 12.0. The van der Waals surface area contributed by atoms with Gasteiger partial charge in [-0.05, 0) is 43.4 Å². The van der Waals surface area contributed by atoms with Gasteiger partial charge in [0, 0.05) is 18.8 Å². The molecule has 0 radical (unpaired) electrons. The lowest BCUT2D eigenvalue weighted by Crippen LogP contribution is -2.40. The smallest absolute Gasteiger partial charge is 0.321 e. The quantitative estimate of drug-likeness (QED) is 0.494. The molecule has 2 rings (SSSR count). The van der Waals surface area contributed by atoms with Crippen LogP contribution in [0.15, 0.2) is 29.4 Å². The van der Waals surface area contributed by atoms with Crippen molar-refractivity contribution < 1.29 is 10.0 Å². The Morgan fingerprint density at radius 3 is 2.45 bits per heavy atom. The van der Waals surface area contributed by atoms with Crippen molar-refractivity contribution >= 4 is 17.4 Å². The van der Waals surface area contributed by atoms with Crippen molar-refractivity contribution in [2.75, 3.05) is 18.4 Å². The number of hydrogen-bond acceptors (Lipinski definition) is 3. The predicted molar refractivity (Wildman–Crippen MR) is 79.4 cm³/mol. The van der Waals surface area contributed by atoms with Gasteiger partial charge in [0.1, 0.15) is 0 Å². The molecule has 0 saturated carbocycles. The molecule has 0 spiro atoms. The molecular weight excluding hydrogens is 254 g/mol. The van der Waals surface area contributed by atoms with Gasteiger partial charge in [0.05, 0.1) is 5.71 Å². The summed E-state index contributed by atoms with van der Waals surface area (Å²) in [6, 6.07) is 7.23. The van der Waals surface area contributed by atoms with Crippen LogP contribution in [0.2, 0.25) is 0 Å². The lowest BCUT2D eigenvalue weighted by Gasteiger charge is -2.30. The van der Waals surface area contributed by atoms with Gasteiger partial charge in [-0.2, -0.15) is 0 Å². The molecule has 5 heteroatoms. The number of carbonyl (C=O) groups excluding carboxylic acids is 1. The van der Waals surface area contributed by atoms with Crippen molar-refractivity contribution in [2.24, 2.45) is 11.1 Å². The minimum Gasteiger partial charge on any atom is -0.411 e. The normalized spacial score (nSPS) is 17.1. The van der Waals surface area contributed by atoms with Crippen molar-refractivity contribution in [2.45, 2.75) is 26.7 Å². The molecule has 1 aliphatic heterocycles. The third-order valence-electron chi connectivity index (χ3n) is 3.77. The molecule has 1 fully saturated rings. The number of oxime groups is 1. The molecule has 1 aliphatic rings. The third-order valence-corrected chi connectivity index (χ3v) is 3.77. The van der Waals surface area contributed by atoms with Crippen LogP contribution < -0.4 is 5.32 Å². The number of nitrogens with one attached hydrogen (secondary N) is 1. The van der Waals surface area contributed by atoms with E-state index < -0.39 is 0 Å². The van der Waals surface area contributed by atoms with E-state index in [9.17, 15) is 4.79 Å². The Morgan fingerprint density at radius 2 is 1.90 bits per heavy atom. The van der Waals surface area contributed by atoms with Gasteiger partial charge in [0.15, 0.2) is 0 Å². The Hall–Kier alpha value is -2.04. The van der Waals surface area contributed by atoms with E-state index in [2.05, 4.69) is 17.4 Å². The zero-order valence-electron chi connectivity index (χ0n) is 12.0. The van der Waals surface area contributed by atoms with E-state index in [0.29, 0.717) is 11.6 Å². The first-order valence-corrected chi connectivity index (χ1v) is 6.95. The lowest BCUT2D eigenvalue weighted by molar-refractivity contribution is 0.186. The standard InChI is InChI=1S/C15H21N3O2/c1-11-7-9-18(10-8-11)15(19)16-14-5-3-13(4-6-14)12(2)17-20/h3-6,11,20H,7-10H2,1-2H3,(H,16,19). The summed E-state index contributed by atoms with van der Waals surface area (Å²) in [5.74, 6) is 0.707. The second-order valence-electron chi connectivity index (χ2n) is 5.36. The maximum Gasteiger partial charge on any atom is 0.321 e. The summed E-state index contributed by atoms with van der Waals surface area (Å²) in [6.45, 7) is 5.59. The number of amides is 2. The summed E-state index contributed by atoms with van der Waals surface area (Å²) >= 11 is 0. The van der Waals surface area contributed by atoms with Crippen LogP contribution in [0.5, 0.6) is 0 Å². The molecular formula is C15H21N3O2. The number of likely N-dealkylation sites (tertiary alicyclic amines) is 1. The highest BCUT2D eigenvalue weighted by Gasteiger charge is 2.20. The number of carbonyl (C=O) groups is 1. The minimum atomic E-state index is -0.0443. The van der Waals surface area contributed by atoms with E-state index in [1.807, 2.05) is 29.2 Å². The van der Waals surface area contributed by atoms with Crippen LogP contribution in [0.4, 0.5) is 10.5 Å². The van der Waals surface area contributed by atoms with Crippen LogP contribution in [0.3, 0.4) is 0 Å². The third kappa shape index (κ3) is 3.50. The van der Waals surface area contributed by atoms with Crippen molar-refractivity contribution in [3.8, 4) is 0 Å². The molecule has 2 amide bonds. The van der Waals surface area contributed by atoms with E-state index in [1.165, 1.54) is 0 Å². The van der Waals surface area contributed by atoms with E-state index >= 15 is 0 Å². The van der Waals surface area contributed by atoms with Gasteiger partial charge in [-0.25, -0.2) is 4.79 Å². The molecule has 2 N–H and O–H groups in total. The average Bonchev–Trinajstić information content (AvgIpc) is 2.48. The van der Waals surface area contributed by atoms with Gasteiger partial charge in [-0.15, -0.1) is 0 Å². The van der Waals surface area contributed by atoms with E-state index in [-0.39, 0.29) is 6.03 Å². The Bertz CT molecular complexity index is 488. The first-order chi connectivity index (χ1) is 9.60. The van der Waals surface area contributed by atoms with Crippen molar-refractivity contribution in [3.63, 3.8) is 0 Å². The highest BCUT2D eigenvalue weighted by Crippen LogP contribution is 2.17. The Labute approximate surface area is 119 Å². The molecule has 0 bridgehead atoms. The number of nitrogens with zero attached hydrogens (tertiary/aromatic N) is 2. The summed E-state index contributed by atoms with van der Waals surface area (Å²) < 4.78 is 0. The molecule has 0 aromatic heterocycles. The topological polar surface area (TPSA) is 64.9 Å². The predicted octanol–water partition coefficient (Wildman–Crippen LogP) is 3.15. The van der Waals surface area contributed by atoms with Crippen LogP contribution >= 0.6 is 0 Å². The molecule has 1 heterocycles. The monoisotopic (exact) mass is 275 g/mol. The van der Waals surface area contributed by atoms with Crippen molar-refractivity contribution in [1.82, 2.24) is 4.90 Å². The van der Waals surface area contributed by atoms with Gasteiger partial charge < -0.3 is 15.4 Å².